The van der Waals surface area contributed by atoms with Crippen LogP contribution in [0.15, 0.2) is 0 Å². The summed E-state index contributed by atoms with van der Waals surface area (Å²) >= 11 is 0. The van der Waals surface area contributed by atoms with Crippen LogP contribution in [0, 0.1) is 0 Å². The van der Waals surface area contributed by atoms with Crippen molar-refractivity contribution in [3.05, 3.63) is 0 Å². The maximum atomic E-state index is 8.78. The number of primary amides is 1. The summed E-state index contributed by atoms with van der Waals surface area (Å²) in [5.41, 5.74) is 4.03. The predicted molar refractivity (Wildman–Crippen MR) is 22.9 cm³/mol. The van der Waals surface area contributed by atoms with Crippen molar-refractivity contribution in [2.24, 2.45) is 5.73 Å². The largest absolute Gasteiger partial charge is 0.503 e. The molecular weight excluding hydrogens is 118 g/mol. The Morgan fingerprint density at radius 1 is 1.12 bits per heavy atom. The Bertz CT molecular complexity index is 68.4. The number of amides is 1. The lowest BCUT2D eigenvalue weighted by atomic mass is 11.3. The molecule has 0 rings (SSSR count). The molecule has 0 aromatic rings. The van der Waals surface area contributed by atoms with Gasteiger partial charge in [0.1, 0.15) is 0 Å². The summed E-state index contributed by atoms with van der Waals surface area (Å²) in [4.78, 5) is 17.3. The third kappa shape index (κ3) is 26.7. The van der Waals surface area contributed by atoms with Crippen LogP contribution in [0.5, 0.6) is 0 Å². The molecule has 6 heteroatoms. The average Bonchev–Trinajstić information content (AvgIpc) is 1.25. The van der Waals surface area contributed by atoms with Crippen molar-refractivity contribution >= 4 is 12.2 Å². The van der Waals surface area contributed by atoms with E-state index in [2.05, 4.69) is 5.73 Å². The molecule has 8 heavy (non-hydrogen) atoms. The predicted octanol–water partition coefficient (Wildman–Crippen LogP) is -0.154. The summed E-state index contributed by atoms with van der Waals surface area (Å²) in [6.07, 6.45) is -3.17. The monoisotopic (exact) mass is 123 g/mol. The Hall–Kier alpha value is -1.46. The first kappa shape index (κ1) is 9.74. The van der Waals surface area contributed by atoms with Crippen molar-refractivity contribution in [3.63, 3.8) is 0 Å². The lowest BCUT2D eigenvalue weighted by Gasteiger charge is -1.61. The number of hydrogen-bond acceptors (Lipinski definition) is 2. The van der Waals surface area contributed by atoms with E-state index in [1.165, 1.54) is 0 Å². The molecule has 0 aliphatic rings. The molecule has 0 saturated carbocycles. The molecule has 0 aromatic heterocycles. The van der Waals surface area contributed by atoms with Gasteiger partial charge in [-0.1, -0.05) is 0 Å². The quantitative estimate of drug-likeness (QED) is 0.356. The molecule has 0 fully saturated rings. The summed E-state index contributed by atoms with van der Waals surface area (Å²) in [6.45, 7) is 0. The second-order valence-corrected chi connectivity index (χ2v) is 0.621. The highest BCUT2D eigenvalue weighted by Crippen LogP contribution is 1.42. The molecule has 0 heterocycles. The fourth-order valence-corrected chi connectivity index (χ4v) is 0. The van der Waals surface area contributed by atoms with Gasteiger partial charge in [-0.25, -0.2) is 9.59 Å². The van der Waals surface area contributed by atoms with Gasteiger partial charge < -0.3 is 21.1 Å². The van der Waals surface area contributed by atoms with Gasteiger partial charge in [-0.05, 0) is 0 Å². The van der Waals surface area contributed by atoms with Crippen molar-refractivity contribution < 1.29 is 24.9 Å². The highest BCUT2D eigenvalue weighted by atomic mass is 16.6. The molecule has 0 aliphatic heterocycles. The number of hydrogen-bond donors (Lipinski definition) is 4. The van der Waals surface area contributed by atoms with E-state index >= 15 is 0 Å². The molecule has 48 valence electrons. The molecule has 0 aromatic carbocycles. The van der Waals surface area contributed by atoms with Crippen LogP contribution in [0.1, 0.15) is 0 Å². The van der Waals surface area contributed by atoms with E-state index in [0.29, 0.717) is 0 Å². The third-order valence-corrected chi connectivity index (χ3v) is 0. The number of rotatable bonds is 0. The Balaban J connectivity index is 0. The minimum Gasteiger partial charge on any atom is -0.465 e. The van der Waals surface area contributed by atoms with E-state index in [4.69, 9.17) is 24.9 Å². The van der Waals surface area contributed by atoms with E-state index < -0.39 is 12.2 Å². The Morgan fingerprint density at radius 3 is 1.12 bits per heavy atom. The van der Waals surface area contributed by atoms with Crippen molar-refractivity contribution in [3.8, 4) is 0 Å². The average molecular weight is 123 g/mol. The van der Waals surface area contributed by atoms with Crippen molar-refractivity contribution in [1.82, 2.24) is 0 Å². The normalized spacial score (nSPS) is 6.00. The molecule has 0 aliphatic carbocycles. The molecular formula is C2H5NO5. The molecule has 0 spiro atoms. The maximum absolute atomic E-state index is 8.78. The highest BCUT2D eigenvalue weighted by molar-refractivity contribution is 5.61. The van der Waals surface area contributed by atoms with E-state index in [1.807, 2.05) is 0 Å². The van der Waals surface area contributed by atoms with Gasteiger partial charge >= 0.3 is 12.2 Å². The number of nitrogens with two attached hydrogens (primary N) is 1. The first-order valence-corrected chi connectivity index (χ1v) is 1.37. The molecule has 0 saturated heterocycles. The molecule has 0 atom stereocenters. The van der Waals surface area contributed by atoms with Crippen LogP contribution in [0.25, 0.3) is 0 Å². The topological polar surface area (TPSA) is 121 Å². The number of carboxylic acid groups (broad SMARTS) is 3. The van der Waals surface area contributed by atoms with E-state index in [0.717, 1.165) is 0 Å². The lowest BCUT2D eigenvalue weighted by molar-refractivity contribution is 0.137. The Morgan fingerprint density at radius 2 is 1.12 bits per heavy atom. The summed E-state index contributed by atoms with van der Waals surface area (Å²) in [5, 5.41) is 21.1. The molecule has 5 N–H and O–H groups in total. The van der Waals surface area contributed by atoms with Gasteiger partial charge in [0.05, 0.1) is 0 Å². The van der Waals surface area contributed by atoms with Crippen LogP contribution in [-0.2, 0) is 0 Å². The minimum atomic E-state index is -1.83. The van der Waals surface area contributed by atoms with Gasteiger partial charge in [-0.3, -0.25) is 0 Å². The van der Waals surface area contributed by atoms with Crippen LogP contribution < -0.4 is 5.73 Å². The highest BCUT2D eigenvalue weighted by Gasteiger charge is 1.70. The third-order valence-electron chi connectivity index (χ3n) is 0. The zero-order valence-corrected chi connectivity index (χ0v) is 3.74. The smallest absolute Gasteiger partial charge is 0.465 e. The van der Waals surface area contributed by atoms with Crippen molar-refractivity contribution in [2.75, 3.05) is 0 Å². The van der Waals surface area contributed by atoms with Gasteiger partial charge in [0.15, 0.2) is 0 Å². The summed E-state index contributed by atoms with van der Waals surface area (Å²) in [5.74, 6) is 0. The van der Waals surface area contributed by atoms with E-state index in [1.54, 1.807) is 0 Å². The molecule has 6 nitrogen and oxygen atoms in total. The summed E-state index contributed by atoms with van der Waals surface area (Å²) in [7, 11) is 0. The van der Waals surface area contributed by atoms with Gasteiger partial charge in [0.25, 0.3) is 0 Å². The minimum absolute atomic E-state index is 1.33. The van der Waals surface area contributed by atoms with Crippen LogP contribution in [0.3, 0.4) is 0 Å². The van der Waals surface area contributed by atoms with Crippen LogP contribution in [-0.4, -0.2) is 27.6 Å². The zero-order chi connectivity index (χ0) is 7.15. The lowest BCUT2D eigenvalue weighted by Crippen LogP contribution is -2.03. The summed E-state index contributed by atoms with van der Waals surface area (Å²) < 4.78 is 0. The van der Waals surface area contributed by atoms with Gasteiger partial charge in [-0.2, -0.15) is 0 Å². The second kappa shape index (κ2) is 5.54. The summed E-state index contributed by atoms with van der Waals surface area (Å²) in [6, 6.07) is 0. The maximum Gasteiger partial charge on any atom is 0.503 e. The standard InChI is InChI=1S/CH3NO2.CH2O3/c2*2-1(3)4/h2H2,(H,3,4);(H2,2,3,4). The SMILES string of the molecule is NC(=O)O.O=C(O)O. The molecule has 0 bridgehead atoms. The van der Waals surface area contributed by atoms with Gasteiger partial charge in [0.2, 0.25) is 0 Å². The number of carbonyl (C=O) groups is 2. The van der Waals surface area contributed by atoms with Crippen molar-refractivity contribution in [1.29, 1.82) is 0 Å². The first-order valence-electron chi connectivity index (χ1n) is 1.37. The zero-order valence-electron chi connectivity index (χ0n) is 3.74. The van der Waals surface area contributed by atoms with Gasteiger partial charge in [0, 0.05) is 0 Å². The molecule has 0 unspecified atom stereocenters. The Labute approximate surface area is 44.2 Å². The van der Waals surface area contributed by atoms with Crippen LogP contribution in [0.4, 0.5) is 9.59 Å². The van der Waals surface area contributed by atoms with E-state index in [9.17, 15) is 0 Å². The van der Waals surface area contributed by atoms with Gasteiger partial charge in [-0.15, -0.1) is 0 Å². The first-order chi connectivity index (χ1) is 3.46. The van der Waals surface area contributed by atoms with Crippen LogP contribution in [0.2, 0.25) is 0 Å². The molecule has 1 amide bonds. The van der Waals surface area contributed by atoms with Crippen LogP contribution >= 0.6 is 0 Å². The fourth-order valence-electron chi connectivity index (χ4n) is 0. The second-order valence-electron chi connectivity index (χ2n) is 0.621. The van der Waals surface area contributed by atoms with Crippen molar-refractivity contribution in [2.45, 2.75) is 0 Å². The molecule has 0 radical (unpaired) electrons. The Kier molecular flexibility index (Phi) is 6.74. The van der Waals surface area contributed by atoms with E-state index in [-0.39, 0.29) is 0 Å². The fraction of sp³-hybridized carbons (Fsp3) is 0.